The summed E-state index contributed by atoms with van der Waals surface area (Å²) in [6.45, 7) is 0.905. The summed E-state index contributed by atoms with van der Waals surface area (Å²) < 4.78 is 38.4. The average Bonchev–Trinajstić information content (AvgIpc) is 3.21. The summed E-state index contributed by atoms with van der Waals surface area (Å²) in [5.74, 6) is 0.320. The molecule has 1 aliphatic heterocycles. The quantitative estimate of drug-likeness (QED) is 0.711. The molecule has 0 radical (unpaired) electrons. The molecule has 3 rings (SSSR count). The number of benzene rings is 1. The highest BCUT2D eigenvalue weighted by molar-refractivity contribution is 7.89. The van der Waals surface area contributed by atoms with E-state index >= 15 is 0 Å². The molecule has 1 aromatic carbocycles. The zero-order valence-electron chi connectivity index (χ0n) is 14.9. The molecule has 1 unspecified atom stereocenters. The second kappa shape index (κ2) is 8.43. The molecule has 2 aromatic rings. The van der Waals surface area contributed by atoms with Gasteiger partial charge in [0, 0.05) is 13.2 Å². The molecular weight excluding hydrogens is 368 g/mol. The van der Waals surface area contributed by atoms with Crippen LogP contribution in [0.15, 0.2) is 41.6 Å². The van der Waals surface area contributed by atoms with E-state index in [0.717, 1.165) is 12.8 Å². The molecule has 0 saturated carbocycles. The summed E-state index contributed by atoms with van der Waals surface area (Å²) in [5.41, 5.74) is 0.878. The Morgan fingerprint density at radius 1 is 1.33 bits per heavy atom. The highest BCUT2D eigenvalue weighted by atomic mass is 32.2. The van der Waals surface area contributed by atoms with Crippen molar-refractivity contribution < 1.29 is 17.9 Å². The maximum Gasteiger partial charge on any atom is 0.243 e. The molecule has 0 N–H and O–H groups in total. The minimum Gasteiger partial charge on any atom is -0.480 e. The number of aromatic nitrogens is 2. The fourth-order valence-corrected chi connectivity index (χ4v) is 4.30. The highest BCUT2D eigenvalue weighted by Crippen LogP contribution is 2.22. The Hall–Kier alpha value is -2.54. The van der Waals surface area contributed by atoms with Crippen molar-refractivity contribution in [3.8, 4) is 11.9 Å². The van der Waals surface area contributed by atoms with Crippen LogP contribution >= 0.6 is 0 Å². The molecule has 27 heavy (non-hydrogen) atoms. The van der Waals surface area contributed by atoms with Gasteiger partial charge in [-0.05, 0) is 37.1 Å². The Labute approximate surface area is 158 Å². The van der Waals surface area contributed by atoms with Crippen LogP contribution in [0.2, 0.25) is 0 Å². The van der Waals surface area contributed by atoms with E-state index in [-0.39, 0.29) is 24.1 Å². The van der Waals surface area contributed by atoms with Gasteiger partial charge in [0.1, 0.15) is 0 Å². The standard InChI is InChI=1S/C18H20N4O4S/c1-25-18-11-20-10-15(21-18)12-22(13-16-3-2-8-26-16)27(23,24)17-6-4-14(9-19)5-7-17/h4-7,10-11,16H,2-3,8,12-13H2,1H3. The van der Waals surface area contributed by atoms with Gasteiger partial charge in [0.05, 0.1) is 54.4 Å². The monoisotopic (exact) mass is 388 g/mol. The number of sulfonamides is 1. The molecule has 1 saturated heterocycles. The summed E-state index contributed by atoms with van der Waals surface area (Å²) in [4.78, 5) is 8.43. The number of methoxy groups -OCH3 is 1. The molecule has 0 aliphatic carbocycles. The van der Waals surface area contributed by atoms with Crippen molar-refractivity contribution in [2.24, 2.45) is 0 Å². The third-order valence-electron chi connectivity index (χ3n) is 4.26. The van der Waals surface area contributed by atoms with E-state index < -0.39 is 10.0 Å². The van der Waals surface area contributed by atoms with Gasteiger partial charge < -0.3 is 9.47 Å². The van der Waals surface area contributed by atoms with E-state index in [1.54, 1.807) is 0 Å². The Morgan fingerprint density at radius 3 is 2.74 bits per heavy atom. The van der Waals surface area contributed by atoms with Crippen molar-refractivity contribution in [3.63, 3.8) is 0 Å². The molecule has 8 nitrogen and oxygen atoms in total. The van der Waals surface area contributed by atoms with Crippen LogP contribution in [0.3, 0.4) is 0 Å². The van der Waals surface area contributed by atoms with Gasteiger partial charge in [-0.1, -0.05) is 0 Å². The Kier molecular flexibility index (Phi) is 6.01. The van der Waals surface area contributed by atoms with Crippen LogP contribution in [-0.2, 0) is 21.3 Å². The SMILES string of the molecule is COc1cncc(CN(CC2CCCO2)S(=O)(=O)c2ccc(C#N)cc2)n1. The van der Waals surface area contributed by atoms with Gasteiger partial charge in [0.25, 0.3) is 0 Å². The maximum atomic E-state index is 13.2. The number of hydrogen-bond donors (Lipinski definition) is 0. The van der Waals surface area contributed by atoms with Crippen LogP contribution < -0.4 is 4.74 Å². The first kappa shape index (κ1) is 19.2. The van der Waals surface area contributed by atoms with Crippen LogP contribution in [0.25, 0.3) is 0 Å². The minimum absolute atomic E-state index is 0.0480. The number of nitriles is 1. The third kappa shape index (κ3) is 4.60. The topological polar surface area (TPSA) is 105 Å². The summed E-state index contributed by atoms with van der Waals surface area (Å²) >= 11 is 0. The normalized spacial score (nSPS) is 17.0. The van der Waals surface area contributed by atoms with E-state index in [9.17, 15) is 8.42 Å². The molecule has 0 bridgehead atoms. The summed E-state index contributed by atoms with van der Waals surface area (Å²) in [6.07, 6.45) is 4.54. The molecule has 1 aromatic heterocycles. The van der Waals surface area contributed by atoms with Gasteiger partial charge in [-0.3, -0.25) is 4.98 Å². The Bertz CT molecular complexity index is 919. The van der Waals surface area contributed by atoms with E-state index in [1.807, 2.05) is 6.07 Å². The second-order valence-electron chi connectivity index (χ2n) is 6.12. The molecule has 0 amide bonds. The van der Waals surface area contributed by atoms with Crippen LogP contribution in [-0.4, -0.2) is 49.1 Å². The molecule has 142 valence electrons. The zero-order valence-corrected chi connectivity index (χ0v) is 15.7. The van der Waals surface area contributed by atoms with Crippen molar-refractivity contribution in [2.45, 2.75) is 30.4 Å². The first-order valence-corrected chi connectivity index (χ1v) is 9.94. The molecule has 9 heteroatoms. The fourth-order valence-electron chi connectivity index (χ4n) is 2.86. The predicted octanol–water partition coefficient (Wildman–Crippen LogP) is 1.73. The number of nitrogens with zero attached hydrogens (tertiary/aromatic N) is 4. The molecule has 1 atom stereocenters. The van der Waals surface area contributed by atoms with Gasteiger partial charge in [-0.25, -0.2) is 13.4 Å². The van der Waals surface area contributed by atoms with E-state index in [0.29, 0.717) is 23.7 Å². The Balaban J connectivity index is 1.90. The van der Waals surface area contributed by atoms with Crippen LogP contribution in [0.5, 0.6) is 5.88 Å². The third-order valence-corrected chi connectivity index (χ3v) is 6.09. The zero-order chi connectivity index (χ0) is 19.3. The second-order valence-corrected chi connectivity index (χ2v) is 8.06. The molecular formula is C18H20N4O4S. The molecule has 2 heterocycles. The van der Waals surface area contributed by atoms with Crippen molar-refractivity contribution in [2.75, 3.05) is 20.3 Å². The predicted molar refractivity (Wildman–Crippen MR) is 96.3 cm³/mol. The Morgan fingerprint density at radius 2 is 2.11 bits per heavy atom. The van der Waals surface area contributed by atoms with Crippen molar-refractivity contribution >= 4 is 10.0 Å². The lowest BCUT2D eigenvalue weighted by atomic mass is 10.2. The van der Waals surface area contributed by atoms with E-state index in [1.165, 1.54) is 48.1 Å². The molecule has 1 fully saturated rings. The van der Waals surface area contributed by atoms with Crippen molar-refractivity contribution in [1.82, 2.24) is 14.3 Å². The summed E-state index contributed by atoms with van der Waals surface area (Å²) in [6, 6.07) is 7.84. The summed E-state index contributed by atoms with van der Waals surface area (Å²) in [5, 5.41) is 8.92. The van der Waals surface area contributed by atoms with Crippen molar-refractivity contribution in [3.05, 3.63) is 47.9 Å². The van der Waals surface area contributed by atoms with Gasteiger partial charge in [0.2, 0.25) is 15.9 Å². The van der Waals surface area contributed by atoms with Gasteiger partial charge in [-0.2, -0.15) is 9.57 Å². The smallest absolute Gasteiger partial charge is 0.243 e. The van der Waals surface area contributed by atoms with Crippen LogP contribution in [0.1, 0.15) is 24.1 Å². The number of hydrogen-bond acceptors (Lipinski definition) is 7. The van der Waals surface area contributed by atoms with Crippen LogP contribution in [0.4, 0.5) is 0 Å². The minimum atomic E-state index is -3.80. The number of rotatable bonds is 7. The molecule has 1 aliphatic rings. The largest absolute Gasteiger partial charge is 0.480 e. The van der Waals surface area contributed by atoms with Gasteiger partial charge in [0.15, 0.2) is 0 Å². The van der Waals surface area contributed by atoms with Gasteiger partial charge in [-0.15, -0.1) is 0 Å². The summed E-state index contributed by atoms with van der Waals surface area (Å²) in [7, 11) is -2.32. The number of ether oxygens (including phenoxy) is 2. The lowest BCUT2D eigenvalue weighted by molar-refractivity contribution is 0.0923. The van der Waals surface area contributed by atoms with E-state index in [4.69, 9.17) is 14.7 Å². The first-order chi connectivity index (χ1) is 13.0. The highest BCUT2D eigenvalue weighted by Gasteiger charge is 2.29. The lowest BCUT2D eigenvalue weighted by Gasteiger charge is -2.24. The van der Waals surface area contributed by atoms with Gasteiger partial charge >= 0.3 is 0 Å². The average molecular weight is 388 g/mol. The van der Waals surface area contributed by atoms with E-state index in [2.05, 4.69) is 9.97 Å². The van der Waals surface area contributed by atoms with Crippen LogP contribution in [0, 0.1) is 11.3 Å². The fraction of sp³-hybridized carbons (Fsp3) is 0.389. The first-order valence-electron chi connectivity index (χ1n) is 8.50. The van der Waals surface area contributed by atoms with Crippen molar-refractivity contribution in [1.29, 1.82) is 5.26 Å². The lowest BCUT2D eigenvalue weighted by Crippen LogP contribution is -2.37. The maximum absolute atomic E-state index is 13.2. The molecule has 0 spiro atoms.